The van der Waals surface area contributed by atoms with E-state index in [9.17, 15) is 45.6 Å². The SMILES string of the molecule is [C-]#[N+]/C(C#N)=C1/c2cc3c(cc2-c2c(F)c(F)c(F)c(F)c21)-c1c(F)c(F)c(F)c(F)c1/C3=C(\C#N)[N+]#[C-]. The Morgan fingerprint density at radius 3 is 1.08 bits per heavy atom. The Balaban J connectivity index is 2.07. The molecule has 5 rings (SSSR count). The third-order valence-corrected chi connectivity index (χ3v) is 6.18. The highest BCUT2D eigenvalue weighted by atomic mass is 19.2. The lowest BCUT2D eigenvalue weighted by Gasteiger charge is -2.09. The molecule has 0 bridgehead atoms. The number of fused-ring (bicyclic) bond motifs is 6. The molecule has 0 fully saturated rings. The molecule has 0 N–H and O–H groups in total. The van der Waals surface area contributed by atoms with E-state index >= 15 is 0 Å². The zero-order chi connectivity index (χ0) is 27.8. The van der Waals surface area contributed by atoms with Crippen molar-refractivity contribution in [1.29, 1.82) is 10.5 Å². The summed E-state index contributed by atoms with van der Waals surface area (Å²) in [6.07, 6.45) is 0. The minimum absolute atomic E-state index is 0.427. The van der Waals surface area contributed by atoms with Crippen molar-refractivity contribution < 1.29 is 35.1 Å². The van der Waals surface area contributed by atoms with Crippen LogP contribution in [0.15, 0.2) is 23.5 Å². The third-order valence-electron chi connectivity index (χ3n) is 6.18. The summed E-state index contributed by atoms with van der Waals surface area (Å²) >= 11 is 0. The van der Waals surface area contributed by atoms with Gasteiger partial charge >= 0.3 is 0 Å². The van der Waals surface area contributed by atoms with Crippen molar-refractivity contribution in [2.45, 2.75) is 0 Å². The highest BCUT2D eigenvalue weighted by Crippen LogP contribution is 2.56. The first kappa shape index (κ1) is 24.2. The Kier molecular flexibility index (Phi) is 5.12. The van der Waals surface area contributed by atoms with E-state index in [4.69, 9.17) is 13.1 Å². The van der Waals surface area contributed by atoms with Gasteiger partial charge in [-0.1, -0.05) is 0 Å². The molecular formula is C26H2F8N4. The molecule has 182 valence electrons. The minimum atomic E-state index is -2.25. The first-order chi connectivity index (χ1) is 18.0. The van der Waals surface area contributed by atoms with E-state index in [1.165, 1.54) is 12.1 Å². The lowest BCUT2D eigenvalue weighted by atomic mass is 9.94. The second-order valence-corrected chi connectivity index (χ2v) is 7.85. The molecule has 2 aliphatic carbocycles. The molecule has 12 heteroatoms. The number of rotatable bonds is 0. The Bertz CT molecular complexity index is 1770. The molecule has 3 aromatic carbocycles. The zero-order valence-corrected chi connectivity index (χ0v) is 18.0. The summed E-state index contributed by atoms with van der Waals surface area (Å²) in [6, 6.07) is 4.48. The first-order valence-corrected chi connectivity index (χ1v) is 10.0. The van der Waals surface area contributed by atoms with Gasteiger partial charge in [-0.2, -0.15) is 0 Å². The van der Waals surface area contributed by atoms with Gasteiger partial charge in [0.1, 0.15) is 0 Å². The summed E-state index contributed by atoms with van der Waals surface area (Å²) in [7, 11) is 0. The maximum absolute atomic E-state index is 15.0. The normalized spacial score (nSPS) is 14.8. The van der Waals surface area contributed by atoms with Gasteiger partial charge in [-0.05, 0) is 34.4 Å². The van der Waals surface area contributed by atoms with Gasteiger partial charge in [-0.3, -0.25) is 0 Å². The van der Waals surface area contributed by atoms with Gasteiger partial charge in [-0.25, -0.2) is 55.3 Å². The average Bonchev–Trinajstić information content (AvgIpc) is 3.42. The molecule has 0 heterocycles. The van der Waals surface area contributed by atoms with E-state index in [0.717, 1.165) is 12.1 Å². The molecule has 0 unspecified atom stereocenters. The number of allylic oxidation sites excluding steroid dienone is 2. The lowest BCUT2D eigenvalue weighted by Crippen LogP contribution is -2.03. The second kappa shape index (κ2) is 8.03. The first-order valence-electron chi connectivity index (χ1n) is 10.0. The molecule has 0 saturated carbocycles. The van der Waals surface area contributed by atoms with Crippen LogP contribution in [-0.4, -0.2) is 0 Å². The van der Waals surface area contributed by atoms with Crippen molar-refractivity contribution in [2.24, 2.45) is 0 Å². The van der Waals surface area contributed by atoms with Crippen LogP contribution >= 0.6 is 0 Å². The largest absolute Gasteiger partial charge is 0.270 e. The van der Waals surface area contributed by atoms with Crippen LogP contribution < -0.4 is 0 Å². The maximum Gasteiger partial charge on any atom is 0.270 e. The fraction of sp³-hybridized carbons (Fsp3) is 0. The van der Waals surface area contributed by atoms with Crippen LogP contribution in [0.25, 0.3) is 43.1 Å². The summed E-state index contributed by atoms with van der Waals surface area (Å²) in [5.74, 6) is -16.8. The van der Waals surface area contributed by atoms with Gasteiger partial charge in [0.2, 0.25) is 0 Å². The average molecular weight is 522 g/mol. The van der Waals surface area contributed by atoms with Crippen LogP contribution in [0, 0.1) is 82.3 Å². The van der Waals surface area contributed by atoms with Gasteiger partial charge in [0.25, 0.3) is 11.4 Å². The number of benzene rings is 3. The predicted octanol–water partition coefficient (Wildman–Crippen LogP) is 7.16. The quantitative estimate of drug-likeness (QED) is 0.0713. The minimum Gasteiger partial charge on any atom is -0.226 e. The molecule has 0 atom stereocenters. The standard InChI is InChI=1S/C26H2F8N4/c1-37-11(5-35)13-7-3-8-10(4-9(7)15-17(13)21(29)25(33)23(31)19(15)27)16-18(14(8)12(6-36)38-2)22(30)26(34)24(32)20(16)28/h3-4H/b13-11-,14-12+. The third kappa shape index (κ3) is 2.74. The van der Waals surface area contributed by atoms with Crippen molar-refractivity contribution in [2.75, 3.05) is 0 Å². The van der Waals surface area contributed by atoms with Gasteiger partial charge in [0, 0.05) is 33.4 Å². The maximum atomic E-state index is 15.0. The molecule has 3 aromatic rings. The monoisotopic (exact) mass is 522 g/mol. The molecule has 0 radical (unpaired) electrons. The van der Waals surface area contributed by atoms with Crippen LogP contribution in [0.2, 0.25) is 0 Å². The van der Waals surface area contributed by atoms with Crippen molar-refractivity contribution in [1.82, 2.24) is 0 Å². The molecule has 0 aliphatic heterocycles. The predicted molar refractivity (Wildman–Crippen MR) is 113 cm³/mol. The molecule has 0 amide bonds. The van der Waals surface area contributed by atoms with E-state index in [0.29, 0.717) is 0 Å². The van der Waals surface area contributed by atoms with E-state index in [-0.39, 0.29) is 0 Å². The second-order valence-electron chi connectivity index (χ2n) is 7.85. The van der Waals surface area contributed by atoms with Crippen molar-refractivity contribution >= 4 is 11.1 Å². The molecule has 4 nitrogen and oxygen atoms in total. The molecule has 2 aliphatic rings. The molecule has 38 heavy (non-hydrogen) atoms. The lowest BCUT2D eigenvalue weighted by molar-refractivity contribution is 0.410. The molecular weight excluding hydrogens is 520 g/mol. The van der Waals surface area contributed by atoms with Crippen LogP contribution in [0.3, 0.4) is 0 Å². The van der Waals surface area contributed by atoms with Crippen molar-refractivity contribution in [3.05, 3.63) is 115 Å². The van der Waals surface area contributed by atoms with Gasteiger partial charge < -0.3 is 0 Å². The Labute approximate surface area is 206 Å². The van der Waals surface area contributed by atoms with Gasteiger partial charge in [-0.15, -0.1) is 0 Å². The van der Waals surface area contributed by atoms with Gasteiger partial charge in [0.15, 0.2) is 46.5 Å². The van der Waals surface area contributed by atoms with E-state index in [2.05, 4.69) is 9.69 Å². The van der Waals surface area contributed by atoms with Crippen LogP contribution in [-0.2, 0) is 0 Å². The highest BCUT2D eigenvalue weighted by Gasteiger charge is 2.41. The number of hydrogen-bond donors (Lipinski definition) is 0. The summed E-state index contributed by atoms with van der Waals surface area (Å²) < 4.78 is 117. The Morgan fingerprint density at radius 2 is 0.789 bits per heavy atom. The number of hydrogen-bond acceptors (Lipinski definition) is 2. The molecule has 0 aromatic heterocycles. The summed E-state index contributed by atoms with van der Waals surface area (Å²) in [4.78, 5) is 5.82. The van der Waals surface area contributed by atoms with Gasteiger partial charge in [0.05, 0.1) is 25.3 Å². The van der Waals surface area contributed by atoms with Crippen LogP contribution in [0.4, 0.5) is 35.1 Å². The van der Waals surface area contributed by atoms with Crippen molar-refractivity contribution in [3.63, 3.8) is 0 Å². The number of halogens is 8. The summed E-state index contributed by atoms with van der Waals surface area (Å²) in [6.45, 7) is 14.5. The van der Waals surface area contributed by atoms with Crippen LogP contribution in [0.5, 0.6) is 0 Å². The fourth-order valence-corrected chi connectivity index (χ4v) is 4.70. The smallest absolute Gasteiger partial charge is 0.226 e. The number of nitrogens with zero attached hydrogens (tertiary/aromatic N) is 4. The van der Waals surface area contributed by atoms with Crippen LogP contribution in [0.1, 0.15) is 22.3 Å². The summed E-state index contributed by atoms with van der Waals surface area (Å²) in [5, 5.41) is 18.9. The Hall–Kier alpha value is -5.46. The van der Waals surface area contributed by atoms with Crippen molar-refractivity contribution in [3.8, 4) is 34.4 Å². The number of nitriles is 2. The Morgan fingerprint density at radius 1 is 0.500 bits per heavy atom. The summed E-state index contributed by atoms with van der Waals surface area (Å²) in [5.41, 5.74) is -9.12. The topological polar surface area (TPSA) is 56.3 Å². The molecule has 0 spiro atoms. The van der Waals surface area contributed by atoms with E-state index in [1.807, 2.05) is 0 Å². The van der Waals surface area contributed by atoms with E-state index in [1.54, 1.807) is 0 Å². The fourth-order valence-electron chi connectivity index (χ4n) is 4.70. The zero-order valence-electron chi connectivity index (χ0n) is 18.0. The van der Waals surface area contributed by atoms with E-state index < -0.39 is 114 Å². The highest BCUT2D eigenvalue weighted by molar-refractivity contribution is 6.11. The molecule has 0 saturated heterocycles.